The first-order valence-electron chi connectivity index (χ1n) is 8.18. The lowest BCUT2D eigenvalue weighted by atomic mass is 10.1. The molecule has 0 spiro atoms. The lowest BCUT2D eigenvalue weighted by Gasteiger charge is -2.24. The lowest BCUT2D eigenvalue weighted by molar-refractivity contribution is -0.131. The molecule has 0 aliphatic carbocycles. The van der Waals surface area contributed by atoms with Gasteiger partial charge in [0.1, 0.15) is 5.75 Å². The van der Waals surface area contributed by atoms with Crippen LogP contribution in [-0.2, 0) is 11.2 Å². The van der Waals surface area contributed by atoms with Crippen LogP contribution >= 0.6 is 12.4 Å². The van der Waals surface area contributed by atoms with Crippen LogP contribution in [0.25, 0.3) is 0 Å². The first-order valence-corrected chi connectivity index (χ1v) is 8.18. The third-order valence-corrected chi connectivity index (χ3v) is 4.65. The van der Waals surface area contributed by atoms with E-state index < -0.39 is 6.61 Å². The third-order valence-electron chi connectivity index (χ3n) is 4.65. The number of rotatable bonds is 5. The third kappa shape index (κ3) is 5.05. The molecule has 134 valence electrons. The summed E-state index contributed by atoms with van der Waals surface area (Å²) in [7, 11) is 0. The van der Waals surface area contributed by atoms with Gasteiger partial charge in [-0.05, 0) is 43.4 Å². The van der Waals surface area contributed by atoms with Crippen LogP contribution in [0.4, 0.5) is 8.78 Å². The molecule has 0 radical (unpaired) electrons. The number of fused-ring (bicyclic) bond motifs is 2. The number of hydrogen-bond acceptors (Lipinski definition) is 3. The van der Waals surface area contributed by atoms with Crippen LogP contribution in [0.5, 0.6) is 5.75 Å². The van der Waals surface area contributed by atoms with Gasteiger partial charge in [-0.15, -0.1) is 12.4 Å². The molecule has 0 saturated carbocycles. The van der Waals surface area contributed by atoms with Gasteiger partial charge in [0.25, 0.3) is 0 Å². The second-order valence-electron chi connectivity index (χ2n) is 6.29. The van der Waals surface area contributed by atoms with Crippen LogP contribution in [0.3, 0.4) is 0 Å². The maximum Gasteiger partial charge on any atom is 0.387 e. The number of nitrogens with zero attached hydrogens (tertiary/aromatic N) is 1. The van der Waals surface area contributed by atoms with Gasteiger partial charge in [0.15, 0.2) is 0 Å². The van der Waals surface area contributed by atoms with Crippen molar-refractivity contribution >= 4 is 18.3 Å². The molecule has 2 aliphatic heterocycles. The van der Waals surface area contributed by atoms with Crippen LogP contribution in [0.15, 0.2) is 24.3 Å². The lowest BCUT2D eigenvalue weighted by Crippen LogP contribution is -2.39. The van der Waals surface area contributed by atoms with E-state index in [1.165, 1.54) is 18.6 Å². The van der Waals surface area contributed by atoms with Crippen molar-refractivity contribution < 1.29 is 18.3 Å². The Hall–Kier alpha value is -1.40. The van der Waals surface area contributed by atoms with E-state index in [2.05, 4.69) is 10.1 Å². The second-order valence-corrected chi connectivity index (χ2v) is 6.29. The van der Waals surface area contributed by atoms with Crippen molar-refractivity contribution in [1.29, 1.82) is 0 Å². The molecule has 3 rings (SSSR count). The van der Waals surface area contributed by atoms with E-state index in [9.17, 15) is 13.6 Å². The maximum atomic E-state index is 12.4. The number of likely N-dealkylation sites (tertiary alicyclic amines) is 1. The standard InChI is InChI=1S/C17H22F2N2O2.ClH/c18-17(19)23-15-6-1-12(2-7-15)3-8-16(22)21-10-9-13-4-5-14(11-21)20-13;/h1-2,6-7,13-14,17,20H,3-5,8-11H2;1H. The van der Waals surface area contributed by atoms with E-state index >= 15 is 0 Å². The molecule has 24 heavy (non-hydrogen) atoms. The van der Waals surface area contributed by atoms with E-state index in [1.807, 2.05) is 4.90 Å². The topological polar surface area (TPSA) is 41.6 Å². The van der Waals surface area contributed by atoms with Crippen molar-refractivity contribution in [2.75, 3.05) is 13.1 Å². The Labute approximate surface area is 147 Å². The summed E-state index contributed by atoms with van der Waals surface area (Å²) in [4.78, 5) is 14.4. The Kier molecular flexibility index (Phi) is 6.80. The molecule has 1 amide bonds. The van der Waals surface area contributed by atoms with Crippen LogP contribution < -0.4 is 10.1 Å². The maximum absolute atomic E-state index is 12.4. The van der Waals surface area contributed by atoms with E-state index in [-0.39, 0.29) is 24.1 Å². The molecule has 2 fully saturated rings. The number of amides is 1. The molecule has 1 N–H and O–H groups in total. The minimum Gasteiger partial charge on any atom is -0.435 e. The molecule has 4 nitrogen and oxygen atoms in total. The smallest absolute Gasteiger partial charge is 0.387 e. The molecule has 0 aromatic heterocycles. The fourth-order valence-corrected chi connectivity index (χ4v) is 3.42. The number of hydrogen-bond donors (Lipinski definition) is 1. The Morgan fingerprint density at radius 3 is 2.62 bits per heavy atom. The Balaban J connectivity index is 0.00000208. The van der Waals surface area contributed by atoms with E-state index in [4.69, 9.17) is 0 Å². The summed E-state index contributed by atoms with van der Waals surface area (Å²) in [6.45, 7) is -1.18. The number of carbonyl (C=O) groups is 1. The van der Waals surface area contributed by atoms with Crippen molar-refractivity contribution in [3.63, 3.8) is 0 Å². The summed E-state index contributed by atoms with van der Waals surface area (Å²) in [5, 5.41) is 3.56. The van der Waals surface area contributed by atoms with Gasteiger partial charge in [-0.3, -0.25) is 4.79 Å². The molecular weight excluding hydrogens is 338 g/mol. The van der Waals surface area contributed by atoms with Crippen molar-refractivity contribution in [2.45, 2.75) is 50.8 Å². The van der Waals surface area contributed by atoms with Gasteiger partial charge in [-0.1, -0.05) is 12.1 Å². The predicted octanol–water partition coefficient (Wildman–Crippen LogP) is 3.00. The van der Waals surface area contributed by atoms with E-state index in [0.717, 1.165) is 31.5 Å². The highest BCUT2D eigenvalue weighted by Crippen LogP contribution is 2.21. The number of benzene rings is 1. The van der Waals surface area contributed by atoms with Crippen LogP contribution in [0, 0.1) is 0 Å². The van der Waals surface area contributed by atoms with Gasteiger partial charge in [-0.2, -0.15) is 8.78 Å². The normalized spacial score (nSPS) is 22.9. The average molecular weight is 361 g/mol. The molecule has 2 heterocycles. The molecule has 2 unspecified atom stereocenters. The number of carbonyl (C=O) groups excluding carboxylic acids is 1. The summed E-state index contributed by atoms with van der Waals surface area (Å²) in [6.07, 6.45) is 4.47. The Bertz CT molecular complexity index is 542. The quantitative estimate of drug-likeness (QED) is 0.877. The molecule has 1 aromatic rings. The van der Waals surface area contributed by atoms with Crippen LogP contribution in [-0.4, -0.2) is 42.6 Å². The number of nitrogens with one attached hydrogen (secondary N) is 1. The molecule has 7 heteroatoms. The average Bonchev–Trinajstić information content (AvgIpc) is 2.85. The second kappa shape index (κ2) is 8.62. The molecule has 2 saturated heterocycles. The van der Waals surface area contributed by atoms with Crippen LogP contribution in [0.2, 0.25) is 0 Å². The zero-order chi connectivity index (χ0) is 16.2. The fourth-order valence-electron chi connectivity index (χ4n) is 3.42. The molecule has 2 bridgehead atoms. The summed E-state index contributed by atoms with van der Waals surface area (Å²) in [6, 6.07) is 7.51. The van der Waals surface area contributed by atoms with Gasteiger partial charge < -0.3 is 15.0 Å². The van der Waals surface area contributed by atoms with Gasteiger partial charge in [-0.25, -0.2) is 0 Å². The monoisotopic (exact) mass is 360 g/mol. The van der Waals surface area contributed by atoms with Crippen molar-refractivity contribution in [3.05, 3.63) is 29.8 Å². The van der Waals surface area contributed by atoms with Crippen LogP contribution in [0.1, 0.15) is 31.2 Å². The summed E-state index contributed by atoms with van der Waals surface area (Å²) in [5.74, 6) is 0.317. The van der Waals surface area contributed by atoms with Gasteiger partial charge in [0.05, 0.1) is 0 Å². The number of ether oxygens (including phenoxy) is 1. The minimum atomic E-state index is -2.81. The first-order chi connectivity index (χ1) is 11.1. The molecule has 2 atom stereocenters. The molecular formula is C17H23ClF2N2O2. The van der Waals surface area contributed by atoms with Crippen molar-refractivity contribution in [3.8, 4) is 5.75 Å². The zero-order valence-corrected chi connectivity index (χ0v) is 14.2. The van der Waals surface area contributed by atoms with Gasteiger partial charge in [0, 0.05) is 31.6 Å². The van der Waals surface area contributed by atoms with E-state index in [1.54, 1.807) is 12.1 Å². The first kappa shape index (κ1) is 18.9. The van der Waals surface area contributed by atoms with Gasteiger partial charge >= 0.3 is 6.61 Å². The predicted molar refractivity (Wildman–Crippen MR) is 89.8 cm³/mol. The highest BCUT2D eigenvalue weighted by Gasteiger charge is 2.30. The fraction of sp³-hybridized carbons (Fsp3) is 0.588. The number of halogens is 3. The zero-order valence-electron chi connectivity index (χ0n) is 13.4. The minimum absolute atomic E-state index is 0. The van der Waals surface area contributed by atoms with Gasteiger partial charge in [0.2, 0.25) is 5.91 Å². The summed E-state index contributed by atoms with van der Waals surface area (Å²) in [5.41, 5.74) is 0.953. The number of aryl methyl sites for hydroxylation is 1. The SMILES string of the molecule is Cl.O=C(CCc1ccc(OC(F)F)cc1)N1CCC2CCC(C1)N2. The highest BCUT2D eigenvalue weighted by molar-refractivity contribution is 5.85. The van der Waals surface area contributed by atoms with Crippen molar-refractivity contribution in [2.24, 2.45) is 0 Å². The Morgan fingerprint density at radius 2 is 1.92 bits per heavy atom. The Morgan fingerprint density at radius 1 is 1.21 bits per heavy atom. The largest absolute Gasteiger partial charge is 0.435 e. The molecule has 2 aliphatic rings. The van der Waals surface area contributed by atoms with E-state index in [0.29, 0.717) is 24.9 Å². The number of alkyl halides is 2. The molecule has 1 aromatic carbocycles. The van der Waals surface area contributed by atoms with Crippen molar-refractivity contribution in [1.82, 2.24) is 10.2 Å². The summed E-state index contributed by atoms with van der Waals surface area (Å²) < 4.78 is 28.5. The highest BCUT2D eigenvalue weighted by atomic mass is 35.5. The summed E-state index contributed by atoms with van der Waals surface area (Å²) >= 11 is 0.